The van der Waals surface area contributed by atoms with E-state index in [0.29, 0.717) is 9.59 Å². The fraction of sp³-hybridized carbons (Fsp3) is 0.312. The molecule has 0 atom stereocenters. The monoisotopic (exact) mass is 440 g/mol. The summed E-state index contributed by atoms with van der Waals surface area (Å²) in [4.78, 5) is 20.3. The van der Waals surface area contributed by atoms with Gasteiger partial charge in [-0.3, -0.25) is 4.79 Å². The molecule has 0 spiro atoms. The quantitative estimate of drug-likeness (QED) is 0.560. The zero-order valence-electron chi connectivity index (χ0n) is 14.3. The minimum absolute atomic E-state index is 0.140. The Kier molecular flexibility index (Phi) is 5.48. The maximum atomic E-state index is 12.8. The lowest BCUT2D eigenvalue weighted by molar-refractivity contribution is -0.141. The van der Waals surface area contributed by atoms with Crippen molar-refractivity contribution in [2.45, 2.75) is 25.3 Å². The van der Waals surface area contributed by atoms with E-state index >= 15 is 0 Å². The highest BCUT2D eigenvalue weighted by Crippen LogP contribution is 2.24. The molecule has 0 aliphatic carbocycles. The molecule has 0 amide bonds. The number of rotatable bonds is 5. The number of halogens is 7. The third-order valence-electron chi connectivity index (χ3n) is 3.66. The largest absolute Gasteiger partial charge is 0.464 e. The lowest BCUT2D eigenvalue weighted by Crippen LogP contribution is -2.25. The average Bonchev–Trinajstić information content (AvgIpc) is 2.96. The van der Waals surface area contributed by atoms with Crippen molar-refractivity contribution in [3.05, 3.63) is 46.0 Å². The van der Waals surface area contributed by atoms with E-state index in [9.17, 15) is 31.1 Å². The van der Waals surface area contributed by atoms with E-state index in [4.69, 9.17) is 16.3 Å². The molecule has 3 rings (SSSR count). The molecule has 156 valence electrons. The SMILES string of the molecule is O=c1c2ncn(CC(F)(F)F)c2nc(OCCC(F)(F)F)n1-c1ccc(Cl)cc1. The zero-order chi connectivity index (χ0) is 21.4. The first-order valence-corrected chi connectivity index (χ1v) is 8.32. The summed E-state index contributed by atoms with van der Waals surface area (Å²) < 4.78 is 81.9. The van der Waals surface area contributed by atoms with Crippen molar-refractivity contribution in [1.29, 1.82) is 0 Å². The summed E-state index contributed by atoms with van der Waals surface area (Å²) in [6, 6.07) is 4.98. The Balaban J connectivity index is 2.13. The molecular formula is C16H11ClF6N4O2. The summed E-state index contributed by atoms with van der Waals surface area (Å²) in [5, 5.41) is 0.324. The van der Waals surface area contributed by atoms with Gasteiger partial charge in [-0.25, -0.2) is 9.55 Å². The van der Waals surface area contributed by atoms with Gasteiger partial charge in [0.05, 0.1) is 18.4 Å². The third-order valence-corrected chi connectivity index (χ3v) is 3.91. The van der Waals surface area contributed by atoms with Crippen molar-refractivity contribution in [3.8, 4) is 11.7 Å². The summed E-state index contributed by atoms with van der Waals surface area (Å²) in [6.07, 6.45) is -9.73. The van der Waals surface area contributed by atoms with E-state index < -0.39 is 54.7 Å². The normalized spacial score (nSPS) is 12.5. The van der Waals surface area contributed by atoms with Crippen LogP contribution in [0.4, 0.5) is 26.3 Å². The molecule has 29 heavy (non-hydrogen) atoms. The van der Waals surface area contributed by atoms with Gasteiger partial charge >= 0.3 is 18.4 Å². The molecule has 2 heterocycles. The number of ether oxygens (including phenoxy) is 1. The van der Waals surface area contributed by atoms with Crippen molar-refractivity contribution in [2.24, 2.45) is 0 Å². The van der Waals surface area contributed by atoms with Crippen molar-refractivity contribution in [1.82, 2.24) is 19.1 Å². The Bertz CT molecular complexity index is 1070. The highest BCUT2D eigenvalue weighted by Gasteiger charge is 2.30. The Morgan fingerprint density at radius 3 is 2.28 bits per heavy atom. The first-order chi connectivity index (χ1) is 13.4. The number of nitrogens with zero attached hydrogens (tertiary/aromatic N) is 4. The fourth-order valence-electron chi connectivity index (χ4n) is 2.46. The summed E-state index contributed by atoms with van der Waals surface area (Å²) in [5.41, 5.74) is -1.62. The van der Waals surface area contributed by atoms with E-state index in [1.54, 1.807) is 0 Å². The molecule has 0 saturated heterocycles. The van der Waals surface area contributed by atoms with Crippen LogP contribution in [0.1, 0.15) is 6.42 Å². The molecule has 0 aliphatic heterocycles. The molecule has 0 radical (unpaired) electrons. The van der Waals surface area contributed by atoms with Gasteiger partial charge in [-0.15, -0.1) is 0 Å². The lowest BCUT2D eigenvalue weighted by Gasteiger charge is -2.14. The molecule has 2 aromatic heterocycles. The molecule has 13 heteroatoms. The van der Waals surface area contributed by atoms with Crippen LogP contribution in [0.5, 0.6) is 6.01 Å². The molecule has 0 aliphatic rings. The third kappa shape index (κ3) is 5.00. The van der Waals surface area contributed by atoms with Crippen LogP contribution in [-0.2, 0) is 6.54 Å². The van der Waals surface area contributed by atoms with Crippen molar-refractivity contribution < 1.29 is 31.1 Å². The van der Waals surface area contributed by atoms with Gasteiger partial charge in [0.15, 0.2) is 11.2 Å². The number of hydrogen-bond acceptors (Lipinski definition) is 4. The van der Waals surface area contributed by atoms with E-state index in [1.807, 2.05) is 0 Å². The maximum Gasteiger partial charge on any atom is 0.406 e. The number of imidazole rings is 1. The first kappa shape index (κ1) is 21.0. The second-order valence-electron chi connectivity index (χ2n) is 5.88. The Labute approximate surface area is 163 Å². The molecule has 0 fully saturated rings. The number of hydrogen-bond donors (Lipinski definition) is 0. The minimum Gasteiger partial charge on any atom is -0.464 e. The average molecular weight is 441 g/mol. The standard InChI is InChI=1S/C16H11ClF6N4O2/c17-9-1-3-10(4-2-9)27-13(28)11-12(26(8-24-11)7-16(21,22)23)25-14(27)29-6-5-15(18,19)20/h1-4,8H,5-7H2. The molecule has 0 bridgehead atoms. The second-order valence-corrected chi connectivity index (χ2v) is 6.32. The van der Waals surface area contributed by atoms with Gasteiger partial charge in [0.2, 0.25) is 0 Å². The van der Waals surface area contributed by atoms with E-state index in [-0.39, 0.29) is 5.69 Å². The predicted molar refractivity (Wildman–Crippen MR) is 90.4 cm³/mol. The van der Waals surface area contributed by atoms with Gasteiger partial charge in [0.1, 0.15) is 13.2 Å². The van der Waals surface area contributed by atoms with Crippen LogP contribution in [0, 0.1) is 0 Å². The van der Waals surface area contributed by atoms with Crippen LogP contribution in [0.3, 0.4) is 0 Å². The highest BCUT2D eigenvalue weighted by atomic mass is 35.5. The smallest absolute Gasteiger partial charge is 0.406 e. The van der Waals surface area contributed by atoms with Crippen LogP contribution >= 0.6 is 11.6 Å². The second kappa shape index (κ2) is 7.58. The summed E-state index contributed by atoms with van der Waals surface area (Å²) in [7, 11) is 0. The van der Waals surface area contributed by atoms with E-state index in [0.717, 1.165) is 10.9 Å². The fourth-order valence-corrected chi connectivity index (χ4v) is 2.58. The van der Waals surface area contributed by atoms with Crippen molar-refractivity contribution >= 4 is 22.8 Å². The zero-order valence-corrected chi connectivity index (χ0v) is 15.0. The summed E-state index contributed by atoms with van der Waals surface area (Å²) in [6.45, 7) is -2.37. The molecule has 6 nitrogen and oxygen atoms in total. The Morgan fingerprint density at radius 1 is 1.03 bits per heavy atom. The van der Waals surface area contributed by atoms with Crippen molar-refractivity contribution in [3.63, 3.8) is 0 Å². The van der Waals surface area contributed by atoms with Crippen LogP contribution in [0.15, 0.2) is 35.4 Å². The number of alkyl halides is 6. The molecule has 3 aromatic rings. The van der Waals surface area contributed by atoms with Crippen LogP contribution in [0.2, 0.25) is 5.02 Å². The van der Waals surface area contributed by atoms with Gasteiger partial charge < -0.3 is 9.30 Å². The molecular weight excluding hydrogens is 430 g/mol. The van der Waals surface area contributed by atoms with Gasteiger partial charge in [0.25, 0.3) is 5.56 Å². The molecule has 0 saturated carbocycles. The van der Waals surface area contributed by atoms with Crippen LogP contribution in [0.25, 0.3) is 16.9 Å². The Morgan fingerprint density at radius 2 is 1.69 bits per heavy atom. The van der Waals surface area contributed by atoms with Crippen LogP contribution < -0.4 is 10.3 Å². The minimum atomic E-state index is -4.63. The Hall–Kier alpha value is -2.76. The number of fused-ring (bicyclic) bond motifs is 1. The first-order valence-electron chi connectivity index (χ1n) is 7.95. The summed E-state index contributed by atoms with van der Waals surface area (Å²) >= 11 is 5.79. The van der Waals surface area contributed by atoms with Gasteiger partial charge in [-0.1, -0.05) is 11.6 Å². The molecule has 0 N–H and O–H groups in total. The molecule has 1 aromatic carbocycles. The highest BCUT2D eigenvalue weighted by molar-refractivity contribution is 6.30. The van der Waals surface area contributed by atoms with Crippen molar-refractivity contribution in [2.75, 3.05) is 6.61 Å². The summed E-state index contributed by atoms with van der Waals surface area (Å²) in [5.74, 6) is 0. The van der Waals surface area contributed by atoms with E-state index in [2.05, 4.69) is 9.97 Å². The number of aromatic nitrogens is 4. The van der Waals surface area contributed by atoms with Gasteiger partial charge in [0, 0.05) is 5.02 Å². The topological polar surface area (TPSA) is 61.9 Å². The van der Waals surface area contributed by atoms with Gasteiger partial charge in [-0.2, -0.15) is 31.3 Å². The lowest BCUT2D eigenvalue weighted by atomic mass is 10.3. The van der Waals surface area contributed by atoms with Gasteiger partial charge in [-0.05, 0) is 24.3 Å². The maximum absolute atomic E-state index is 12.8. The van der Waals surface area contributed by atoms with E-state index in [1.165, 1.54) is 24.3 Å². The number of benzene rings is 1. The molecule has 0 unspecified atom stereocenters. The van der Waals surface area contributed by atoms with Crippen LogP contribution in [-0.4, -0.2) is 38.1 Å². The predicted octanol–water partition coefficient (Wildman–Crippen LogP) is 4.13.